The average molecular weight is 388 g/mol. The van der Waals surface area contributed by atoms with E-state index in [1.54, 1.807) is 17.0 Å². The number of hydrogen-bond acceptors (Lipinski definition) is 4. The first kappa shape index (κ1) is 19.4. The Balaban J connectivity index is 1.61. The van der Waals surface area contributed by atoms with Gasteiger partial charge in [-0.25, -0.2) is 4.98 Å². The lowest BCUT2D eigenvalue weighted by molar-refractivity contribution is -0.111. The molecule has 0 saturated carbocycles. The van der Waals surface area contributed by atoms with Crippen molar-refractivity contribution in [2.24, 2.45) is 0 Å². The molecule has 3 heterocycles. The molecule has 2 aromatic heterocycles. The van der Waals surface area contributed by atoms with E-state index in [0.717, 1.165) is 49.6 Å². The molecule has 7 heteroatoms. The molecule has 0 spiro atoms. The van der Waals surface area contributed by atoms with Gasteiger partial charge < -0.3 is 10.2 Å². The van der Waals surface area contributed by atoms with Crippen LogP contribution in [0.2, 0.25) is 5.15 Å². The maximum atomic E-state index is 12.2. The van der Waals surface area contributed by atoms with Crippen molar-refractivity contribution in [3.63, 3.8) is 0 Å². The number of nitrogens with one attached hydrogen (secondary N) is 1. The third-order valence-electron chi connectivity index (χ3n) is 4.68. The number of halogens is 1. The third kappa shape index (κ3) is 4.89. The average Bonchev–Trinajstić information content (AvgIpc) is 3.28. The molecule has 0 atom stereocenters. The van der Waals surface area contributed by atoms with Crippen LogP contribution in [0.1, 0.15) is 43.9 Å². The van der Waals surface area contributed by atoms with Crippen LogP contribution in [-0.2, 0) is 11.3 Å². The van der Waals surface area contributed by atoms with E-state index in [-0.39, 0.29) is 5.91 Å². The van der Waals surface area contributed by atoms with Crippen LogP contribution in [-0.4, -0.2) is 33.8 Å². The lowest BCUT2D eigenvalue weighted by Gasteiger charge is -2.16. The maximum absolute atomic E-state index is 12.2. The van der Waals surface area contributed by atoms with E-state index in [2.05, 4.69) is 27.2 Å². The number of amides is 1. The normalized spacial score (nSPS) is 14.3. The number of rotatable bonds is 7. The molecular weight excluding hydrogens is 362 g/mol. The summed E-state index contributed by atoms with van der Waals surface area (Å²) in [6.45, 7) is 6.90. The number of carbonyl (C=O) groups excluding carboxylic acids is 1. The maximum Gasteiger partial charge on any atom is 0.248 e. The number of aryl methyl sites for hydroxylation is 2. The minimum absolute atomic E-state index is 0.220. The van der Waals surface area contributed by atoms with Crippen LogP contribution in [0.5, 0.6) is 0 Å². The molecule has 1 fully saturated rings. The molecule has 0 bridgehead atoms. The number of hydrogen-bond donors (Lipinski definition) is 1. The van der Waals surface area contributed by atoms with Crippen molar-refractivity contribution < 1.29 is 4.79 Å². The Morgan fingerprint density at radius 3 is 2.78 bits per heavy atom. The summed E-state index contributed by atoms with van der Waals surface area (Å²) in [6, 6.07) is 3.83. The number of aromatic nitrogens is 3. The standard InChI is InChI=1S/C20H26ClN5O/c1-3-4-13-26-20(21)17(15(2)24-26)8-10-19(27)23-16-7-9-18(22-14-16)25-11-5-6-12-25/h7-10,14H,3-6,11-13H2,1-2H3,(H,23,27)/b10-8+. The van der Waals surface area contributed by atoms with E-state index in [1.165, 1.54) is 18.9 Å². The molecule has 3 rings (SSSR count). The molecule has 0 radical (unpaired) electrons. The molecule has 6 nitrogen and oxygen atoms in total. The lowest BCUT2D eigenvalue weighted by atomic mass is 10.2. The highest BCUT2D eigenvalue weighted by Crippen LogP contribution is 2.22. The summed E-state index contributed by atoms with van der Waals surface area (Å²) in [7, 11) is 0. The van der Waals surface area contributed by atoms with Crippen molar-refractivity contribution in [1.29, 1.82) is 0 Å². The lowest BCUT2D eigenvalue weighted by Crippen LogP contribution is -2.18. The topological polar surface area (TPSA) is 63.1 Å². The van der Waals surface area contributed by atoms with Gasteiger partial charge in [-0.15, -0.1) is 0 Å². The van der Waals surface area contributed by atoms with Crippen molar-refractivity contribution in [1.82, 2.24) is 14.8 Å². The first-order chi connectivity index (χ1) is 13.1. The Labute approximate surface area is 165 Å². The van der Waals surface area contributed by atoms with Gasteiger partial charge in [-0.3, -0.25) is 9.48 Å². The van der Waals surface area contributed by atoms with Crippen molar-refractivity contribution in [2.75, 3.05) is 23.3 Å². The molecule has 1 N–H and O–H groups in total. The Kier molecular flexibility index (Phi) is 6.50. The fourth-order valence-electron chi connectivity index (χ4n) is 3.15. The molecule has 144 valence electrons. The largest absolute Gasteiger partial charge is 0.357 e. The summed E-state index contributed by atoms with van der Waals surface area (Å²) >= 11 is 6.39. The van der Waals surface area contributed by atoms with E-state index in [9.17, 15) is 4.79 Å². The van der Waals surface area contributed by atoms with E-state index in [1.807, 2.05) is 19.1 Å². The molecule has 1 aliphatic heterocycles. The van der Waals surface area contributed by atoms with Gasteiger partial charge in [0.05, 0.1) is 17.6 Å². The van der Waals surface area contributed by atoms with Gasteiger partial charge in [-0.2, -0.15) is 5.10 Å². The van der Waals surface area contributed by atoms with Gasteiger partial charge in [0.2, 0.25) is 5.91 Å². The van der Waals surface area contributed by atoms with Gasteiger partial charge >= 0.3 is 0 Å². The molecule has 0 unspecified atom stereocenters. The van der Waals surface area contributed by atoms with E-state index in [4.69, 9.17) is 11.6 Å². The molecule has 0 aliphatic carbocycles. The van der Waals surface area contributed by atoms with Gasteiger partial charge in [0.15, 0.2) is 0 Å². The van der Waals surface area contributed by atoms with Gasteiger partial charge in [0.25, 0.3) is 0 Å². The van der Waals surface area contributed by atoms with Crippen LogP contribution in [0.15, 0.2) is 24.4 Å². The minimum atomic E-state index is -0.220. The summed E-state index contributed by atoms with van der Waals surface area (Å²) in [5.41, 5.74) is 2.27. The number of pyridine rings is 1. The first-order valence-corrected chi connectivity index (χ1v) is 9.89. The van der Waals surface area contributed by atoms with Crippen LogP contribution >= 0.6 is 11.6 Å². The van der Waals surface area contributed by atoms with Crippen molar-refractivity contribution >= 4 is 35.1 Å². The summed E-state index contributed by atoms with van der Waals surface area (Å²) in [5, 5.41) is 7.85. The smallest absolute Gasteiger partial charge is 0.248 e. The third-order valence-corrected chi connectivity index (χ3v) is 5.08. The van der Waals surface area contributed by atoms with Gasteiger partial charge in [-0.1, -0.05) is 24.9 Å². The van der Waals surface area contributed by atoms with E-state index in [0.29, 0.717) is 10.8 Å². The second-order valence-corrected chi connectivity index (χ2v) is 7.15. The van der Waals surface area contributed by atoms with Crippen LogP contribution in [0.4, 0.5) is 11.5 Å². The molecule has 1 amide bonds. The molecule has 1 saturated heterocycles. The van der Waals surface area contributed by atoms with Crippen molar-refractivity contribution in [2.45, 2.75) is 46.1 Å². The SMILES string of the molecule is CCCCn1nc(C)c(/C=C/C(=O)Nc2ccc(N3CCCC3)nc2)c1Cl. The first-order valence-electron chi connectivity index (χ1n) is 9.51. The van der Waals surface area contributed by atoms with Gasteiger partial charge in [0.1, 0.15) is 11.0 Å². The Hall–Kier alpha value is -2.34. The minimum Gasteiger partial charge on any atom is -0.357 e. The monoisotopic (exact) mass is 387 g/mol. The van der Waals surface area contributed by atoms with Crippen LogP contribution in [0, 0.1) is 6.92 Å². The molecule has 0 aromatic carbocycles. The quantitative estimate of drug-likeness (QED) is 0.720. The fourth-order valence-corrected chi connectivity index (χ4v) is 3.47. The highest BCUT2D eigenvalue weighted by molar-refractivity contribution is 6.31. The predicted molar refractivity (Wildman–Crippen MR) is 110 cm³/mol. The zero-order valence-electron chi connectivity index (χ0n) is 15.9. The Morgan fingerprint density at radius 1 is 1.33 bits per heavy atom. The zero-order valence-corrected chi connectivity index (χ0v) is 16.7. The molecule has 2 aromatic rings. The van der Waals surface area contributed by atoms with Gasteiger partial charge in [-0.05, 0) is 44.4 Å². The zero-order chi connectivity index (χ0) is 19.2. The summed E-state index contributed by atoms with van der Waals surface area (Å²) in [6.07, 6.45) is 9.41. The molecule has 1 aliphatic rings. The summed E-state index contributed by atoms with van der Waals surface area (Å²) < 4.78 is 1.79. The second-order valence-electron chi connectivity index (χ2n) is 6.79. The van der Waals surface area contributed by atoms with Crippen molar-refractivity contribution in [3.8, 4) is 0 Å². The predicted octanol–water partition coefficient (Wildman–Crippen LogP) is 4.29. The van der Waals surface area contributed by atoms with Crippen LogP contribution in [0.25, 0.3) is 6.08 Å². The highest BCUT2D eigenvalue weighted by atomic mass is 35.5. The Morgan fingerprint density at radius 2 is 2.11 bits per heavy atom. The van der Waals surface area contributed by atoms with Crippen LogP contribution < -0.4 is 10.2 Å². The fraction of sp³-hybridized carbons (Fsp3) is 0.450. The van der Waals surface area contributed by atoms with E-state index >= 15 is 0 Å². The van der Waals surface area contributed by atoms with E-state index < -0.39 is 0 Å². The number of unbranched alkanes of at least 4 members (excludes halogenated alkanes) is 1. The van der Waals surface area contributed by atoms with Crippen molar-refractivity contribution in [3.05, 3.63) is 40.8 Å². The van der Waals surface area contributed by atoms with Gasteiger partial charge in [0, 0.05) is 31.3 Å². The number of carbonyl (C=O) groups is 1. The second kappa shape index (κ2) is 9.04. The highest BCUT2D eigenvalue weighted by Gasteiger charge is 2.13. The summed E-state index contributed by atoms with van der Waals surface area (Å²) in [4.78, 5) is 18.9. The summed E-state index contributed by atoms with van der Waals surface area (Å²) in [5.74, 6) is 0.741. The van der Waals surface area contributed by atoms with Crippen LogP contribution in [0.3, 0.4) is 0 Å². The molecule has 27 heavy (non-hydrogen) atoms. The number of anilines is 2. The number of nitrogens with zero attached hydrogens (tertiary/aromatic N) is 4. The Bertz CT molecular complexity index is 807. The molecular formula is C20H26ClN5O.